The first kappa shape index (κ1) is 11.1. The number of nitrogens with zero attached hydrogens (tertiary/aromatic N) is 2. The summed E-state index contributed by atoms with van der Waals surface area (Å²) >= 11 is 0. The number of ether oxygens (including phenoxy) is 1. The van der Waals surface area contributed by atoms with Gasteiger partial charge in [0.25, 0.3) is 0 Å². The van der Waals surface area contributed by atoms with Gasteiger partial charge in [0.2, 0.25) is 0 Å². The summed E-state index contributed by atoms with van der Waals surface area (Å²) in [6, 6.07) is 5.73. The van der Waals surface area contributed by atoms with Crippen molar-refractivity contribution in [2.45, 2.75) is 12.5 Å². The first-order valence-corrected chi connectivity index (χ1v) is 5.88. The Balaban J connectivity index is 1.97. The van der Waals surface area contributed by atoms with Gasteiger partial charge in [-0.05, 0) is 23.3 Å². The number of hydrogen-bond donors (Lipinski definition) is 2. The van der Waals surface area contributed by atoms with Crippen molar-refractivity contribution in [3.05, 3.63) is 41.1 Å². The normalized spacial score (nSPS) is 15.2. The molecule has 5 nitrogen and oxygen atoms in total. The topological polar surface area (TPSA) is 73.3 Å². The van der Waals surface area contributed by atoms with E-state index in [1.165, 1.54) is 0 Å². The fourth-order valence-electron chi connectivity index (χ4n) is 2.23. The van der Waals surface area contributed by atoms with E-state index in [1.807, 2.05) is 18.2 Å². The van der Waals surface area contributed by atoms with Gasteiger partial charge in [0, 0.05) is 19.0 Å². The molecule has 2 aromatic rings. The van der Waals surface area contributed by atoms with Crippen LogP contribution in [-0.4, -0.2) is 21.5 Å². The van der Waals surface area contributed by atoms with E-state index in [9.17, 15) is 5.11 Å². The largest absolute Gasteiger partial charge is 0.493 e. The zero-order valence-electron chi connectivity index (χ0n) is 10.1. The van der Waals surface area contributed by atoms with Gasteiger partial charge in [0.15, 0.2) is 0 Å². The van der Waals surface area contributed by atoms with Gasteiger partial charge in [-0.3, -0.25) is 4.68 Å². The number of fused-ring (bicyclic) bond motifs is 1. The lowest BCUT2D eigenvalue weighted by atomic mass is 10.0. The van der Waals surface area contributed by atoms with E-state index in [4.69, 9.17) is 10.5 Å². The van der Waals surface area contributed by atoms with Crippen LogP contribution in [0.15, 0.2) is 24.4 Å². The van der Waals surface area contributed by atoms with Crippen LogP contribution in [0, 0.1) is 0 Å². The van der Waals surface area contributed by atoms with Crippen molar-refractivity contribution in [1.29, 1.82) is 0 Å². The standard InChI is InChI=1S/C13H15N3O2/c1-16-13(14)10(7-15-16)12(17)9-2-3-11-8(6-9)4-5-18-11/h2-3,6-7,12,17H,4-5,14H2,1H3. The van der Waals surface area contributed by atoms with Crippen LogP contribution in [0.25, 0.3) is 0 Å². The molecule has 0 saturated heterocycles. The zero-order valence-corrected chi connectivity index (χ0v) is 10.1. The lowest BCUT2D eigenvalue weighted by molar-refractivity contribution is 0.221. The number of benzene rings is 1. The molecular formula is C13H15N3O2. The SMILES string of the molecule is Cn1ncc(C(O)c2ccc3c(c2)CCO3)c1N. The maximum Gasteiger partial charge on any atom is 0.127 e. The van der Waals surface area contributed by atoms with E-state index < -0.39 is 6.10 Å². The molecule has 0 aliphatic carbocycles. The highest BCUT2D eigenvalue weighted by molar-refractivity contribution is 5.47. The van der Waals surface area contributed by atoms with Gasteiger partial charge in [-0.2, -0.15) is 5.10 Å². The molecular weight excluding hydrogens is 230 g/mol. The summed E-state index contributed by atoms with van der Waals surface area (Å²) < 4.78 is 6.99. The fourth-order valence-corrected chi connectivity index (χ4v) is 2.23. The van der Waals surface area contributed by atoms with Crippen molar-refractivity contribution < 1.29 is 9.84 Å². The zero-order chi connectivity index (χ0) is 12.7. The van der Waals surface area contributed by atoms with Crippen LogP contribution in [0.5, 0.6) is 5.75 Å². The number of rotatable bonds is 2. The number of nitrogens with two attached hydrogens (primary N) is 1. The lowest BCUT2D eigenvalue weighted by Gasteiger charge is -2.11. The Bertz CT molecular complexity index is 592. The molecule has 5 heteroatoms. The Hall–Kier alpha value is -2.01. The molecule has 1 aromatic heterocycles. The minimum atomic E-state index is -0.746. The quantitative estimate of drug-likeness (QED) is 0.828. The molecule has 3 rings (SSSR count). The van der Waals surface area contributed by atoms with E-state index in [2.05, 4.69) is 5.10 Å². The Labute approximate surface area is 105 Å². The van der Waals surface area contributed by atoms with E-state index in [-0.39, 0.29) is 0 Å². The predicted molar refractivity (Wildman–Crippen MR) is 67.3 cm³/mol. The van der Waals surface area contributed by atoms with Crippen molar-refractivity contribution in [2.24, 2.45) is 7.05 Å². The van der Waals surface area contributed by atoms with Crippen molar-refractivity contribution in [3.63, 3.8) is 0 Å². The van der Waals surface area contributed by atoms with Crippen LogP contribution in [0.4, 0.5) is 5.82 Å². The van der Waals surface area contributed by atoms with Crippen LogP contribution in [0.1, 0.15) is 22.8 Å². The van der Waals surface area contributed by atoms with Crippen LogP contribution < -0.4 is 10.5 Å². The number of aromatic nitrogens is 2. The molecule has 18 heavy (non-hydrogen) atoms. The van der Waals surface area contributed by atoms with Gasteiger partial charge in [-0.15, -0.1) is 0 Å². The van der Waals surface area contributed by atoms with Gasteiger partial charge < -0.3 is 15.6 Å². The maximum atomic E-state index is 10.3. The Morgan fingerprint density at radius 1 is 1.50 bits per heavy atom. The second kappa shape index (κ2) is 4.03. The Morgan fingerprint density at radius 3 is 3.06 bits per heavy atom. The van der Waals surface area contributed by atoms with Gasteiger partial charge in [-0.1, -0.05) is 6.07 Å². The molecule has 1 unspecified atom stereocenters. The molecule has 0 fully saturated rings. The molecule has 1 aliphatic rings. The van der Waals surface area contributed by atoms with E-state index in [0.717, 1.165) is 23.3 Å². The van der Waals surface area contributed by atoms with Crippen molar-refractivity contribution >= 4 is 5.82 Å². The van der Waals surface area contributed by atoms with Crippen LogP contribution in [0.2, 0.25) is 0 Å². The Kier molecular flexibility index (Phi) is 2.48. The second-order valence-electron chi connectivity index (χ2n) is 4.48. The molecule has 0 bridgehead atoms. The summed E-state index contributed by atoms with van der Waals surface area (Å²) in [5, 5.41) is 14.4. The molecule has 94 valence electrons. The highest BCUT2D eigenvalue weighted by atomic mass is 16.5. The van der Waals surface area contributed by atoms with Crippen LogP contribution in [0.3, 0.4) is 0 Å². The third kappa shape index (κ3) is 1.64. The number of aliphatic hydroxyl groups is 1. The first-order chi connectivity index (χ1) is 8.66. The molecule has 2 heterocycles. The summed E-state index contributed by atoms with van der Waals surface area (Å²) in [5.74, 6) is 1.39. The number of nitrogen functional groups attached to an aromatic ring is 1. The van der Waals surface area contributed by atoms with Crippen molar-refractivity contribution in [1.82, 2.24) is 9.78 Å². The third-order valence-corrected chi connectivity index (χ3v) is 3.34. The van der Waals surface area contributed by atoms with Gasteiger partial charge in [0.1, 0.15) is 17.7 Å². The van der Waals surface area contributed by atoms with Gasteiger partial charge in [-0.25, -0.2) is 0 Å². The Morgan fingerprint density at radius 2 is 2.33 bits per heavy atom. The molecule has 0 saturated carbocycles. The highest BCUT2D eigenvalue weighted by Gasteiger charge is 2.19. The molecule has 1 atom stereocenters. The molecule has 3 N–H and O–H groups in total. The number of aryl methyl sites for hydroxylation is 1. The predicted octanol–water partition coefficient (Wildman–Crippen LogP) is 1.02. The summed E-state index contributed by atoms with van der Waals surface area (Å²) in [6.07, 6.45) is 1.74. The first-order valence-electron chi connectivity index (χ1n) is 5.88. The second-order valence-corrected chi connectivity index (χ2v) is 4.48. The van der Waals surface area contributed by atoms with Gasteiger partial charge >= 0.3 is 0 Å². The minimum absolute atomic E-state index is 0.485. The molecule has 1 aliphatic heterocycles. The van der Waals surface area contributed by atoms with E-state index in [0.29, 0.717) is 18.0 Å². The maximum absolute atomic E-state index is 10.3. The van der Waals surface area contributed by atoms with Crippen LogP contribution in [-0.2, 0) is 13.5 Å². The summed E-state index contributed by atoms with van der Waals surface area (Å²) in [5.41, 5.74) is 8.46. The van der Waals surface area contributed by atoms with Crippen molar-refractivity contribution in [3.8, 4) is 5.75 Å². The summed E-state index contributed by atoms with van der Waals surface area (Å²) in [7, 11) is 1.75. The lowest BCUT2D eigenvalue weighted by Crippen LogP contribution is -2.05. The minimum Gasteiger partial charge on any atom is -0.493 e. The van der Waals surface area contributed by atoms with E-state index in [1.54, 1.807) is 17.9 Å². The monoisotopic (exact) mass is 245 g/mol. The number of aliphatic hydroxyl groups excluding tert-OH is 1. The molecule has 0 radical (unpaired) electrons. The summed E-state index contributed by atoms with van der Waals surface area (Å²) in [6.45, 7) is 0.712. The average Bonchev–Trinajstić information content (AvgIpc) is 2.96. The summed E-state index contributed by atoms with van der Waals surface area (Å²) in [4.78, 5) is 0. The average molecular weight is 245 g/mol. The van der Waals surface area contributed by atoms with Gasteiger partial charge in [0.05, 0.1) is 12.8 Å². The van der Waals surface area contributed by atoms with Crippen molar-refractivity contribution in [2.75, 3.05) is 12.3 Å². The molecule has 0 spiro atoms. The van der Waals surface area contributed by atoms with Crippen LogP contribution >= 0.6 is 0 Å². The third-order valence-electron chi connectivity index (χ3n) is 3.34. The number of anilines is 1. The highest BCUT2D eigenvalue weighted by Crippen LogP contribution is 2.31. The smallest absolute Gasteiger partial charge is 0.127 e. The molecule has 0 amide bonds. The van der Waals surface area contributed by atoms with E-state index >= 15 is 0 Å². The molecule has 1 aromatic carbocycles. The fraction of sp³-hybridized carbons (Fsp3) is 0.308. The number of hydrogen-bond acceptors (Lipinski definition) is 4.